The third-order valence-corrected chi connectivity index (χ3v) is 2.93. The van der Waals surface area contributed by atoms with Gasteiger partial charge in [-0.15, -0.1) is 0 Å². The predicted molar refractivity (Wildman–Crippen MR) is 69.2 cm³/mol. The third-order valence-electron chi connectivity index (χ3n) is 2.93. The maximum absolute atomic E-state index is 11.3. The van der Waals surface area contributed by atoms with Crippen molar-refractivity contribution in [3.63, 3.8) is 0 Å². The molecule has 92 valence electrons. The van der Waals surface area contributed by atoms with E-state index in [0.29, 0.717) is 18.7 Å². The lowest BCUT2D eigenvalue weighted by atomic mass is 10.1. The minimum Gasteiger partial charge on any atom is -0.467 e. The highest BCUT2D eigenvalue weighted by Gasteiger charge is 2.19. The second kappa shape index (κ2) is 4.10. The Hall–Kier alpha value is -2.43. The number of amides is 1. The first-order valence-corrected chi connectivity index (χ1v) is 5.71. The Bertz CT molecular complexity index is 591. The van der Waals surface area contributed by atoms with Crippen molar-refractivity contribution in [2.75, 3.05) is 16.4 Å². The molecule has 1 aromatic heterocycles. The summed E-state index contributed by atoms with van der Waals surface area (Å²) in [6.07, 6.45) is 2.03. The van der Waals surface area contributed by atoms with Crippen LogP contribution in [0.1, 0.15) is 11.3 Å². The second-order valence-corrected chi connectivity index (χ2v) is 4.25. The highest BCUT2D eigenvalue weighted by molar-refractivity contribution is 6.00. The summed E-state index contributed by atoms with van der Waals surface area (Å²) in [5, 5.41) is 5.99. The number of carbonyl (C=O) groups is 1. The molecule has 2 aromatic rings. The molecule has 0 radical (unpaired) electrons. The fraction of sp³-hybridized carbons (Fsp3) is 0.154. The number of hydrogen-bond acceptors (Lipinski definition) is 4. The maximum Gasteiger partial charge on any atom is 0.228 e. The van der Waals surface area contributed by atoms with E-state index in [1.54, 1.807) is 6.26 Å². The quantitative estimate of drug-likeness (QED) is 0.720. The molecular formula is C13H13N3O2. The van der Waals surface area contributed by atoms with Crippen LogP contribution in [0.4, 0.5) is 17.1 Å². The zero-order valence-electron chi connectivity index (χ0n) is 9.69. The number of carbonyl (C=O) groups excluding carboxylic acids is 1. The van der Waals surface area contributed by atoms with Crippen molar-refractivity contribution in [3.05, 3.63) is 41.9 Å². The van der Waals surface area contributed by atoms with Gasteiger partial charge in [0.25, 0.3) is 0 Å². The van der Waals surface area contributed by atoms with Gasteiger partial charge >= 0.3 is 0 Å². The van der Waals surface area contributed by atoms with E-state index in [-0.39, 0.29) is 5.91 Å². The van der Waals surface area contributed by atoms with Crippen LogP contribution < -0.4 is 16.4 Å². The molecule has 0 aliphatic carbocycles. The lowest BCUT2D eigenvalue weighted by Crippen LogP contribution is -2.04. The molecule has 0 spiro atoms. The molecule has 1 aromatic carbocycles. The number of nitrogen functional groups attached to an aromatic ring is 1. The number of fused-ring (bicyclic) bond motifs is 1. The third kappa shape index (κ3) is 1.90. The average Bonchev–Trinajstić information content (AvgIpc) is 2.94. The van der Waals surface area contributed by atoms with Crippen LogP contribution in [-0.4, -0.2) is 5.91 Å². The standard InChI is InChI=1S/C13H13N3O2/c14-10-4-8-5-13(17)16-11(8)6-12(10)15-7-9-2-1-3-18-9/h1-4,6,15H,5,7,14H2,(H,16,17). The molecule has 0 saturated carbocycles. The van der Waals surface area contributed by atoms with Crippen molar-refractivity contribution in [2.45, 2.75) is 13.0 Å². The van der Waals surface area contributed by atoms with Crippen LogP contribution >= 0.6 is 0 Å². The van der Waals surface area contributed by atoms with E-state index in [4.69, 9.17) is 10.2 Å². The normalized spacial score (nSPS) is 13.2. The van der Waals surface area contributed by atoms with Gasteiger partial charge < -0.3 is 20.8 Å². The number of furan rings is 1. The van der Waals surface area contributed by atoms with Crippen LogP contribution in [0.3, 0.4) is 0 Å². The van der Waals surface area contributed by atoms with Gasteiger partial charge in [0, 0.05) is 5.69 Å². The average molecular weight is 243 g/mol. The van der Waals surface area contributed by atoms with E-state index < -0.39 is 0 Å². The van der Waals surface area contributed by atoms with Gasteiger partial charge in [0.15, 0.2) is 0 Å². The summed E-state index contributed by atoms with van der Waals surface area (Å²) in [6.45, 7) is 0.559. The van der Waals surface area contributed by atoms with Crippen molar-refractivity contribution in [1.82, 2.24) is 0 Å². The molecule has 5 nitrogen and oxygen atoms in total. The smallest absolute Gasteiger partial charge is 0.228 e. The highest BCUT2D eigenvalue weighted by Crippen LogP contribution is 2.31. The molecule has 0 bridgehead atoms. The van der Waals surface area contributed by atoms with E-state index in [1.807, 2.05) is 24.3 Å². The number of hydrogen-bond donors (Lipinski definition) is 3. The van der Waals surface area contributed by atoms with Gasteiger partial charge in [0.05, 0.1) is 30.6 Å². The molecule has 1 aliphatic rings. The van der Waals surface area contributed by atoms with E-state index >= 15 is 0 Å². The maximum atomic E-state index is 11.3. The summed E-state index contributed by atoms with van der Waals surface area (Å²) >= 11 is 0. The number of nitrogens with two attached hydrogens (primary N) is 1. The van der Waals surface area contributed by atoms with Crippen LogP contribution in [-0.2, 0) is 17.8 Å². The Morgan fingerprint density at radius 1 is 1.44 bits per heavy atom. The van der Waals surface area contributed by atoms with E-state index in [2.05, 4.69) is 10.6 Å². The molecule has 0 saturated heterocycles. The van der Waals surface area contributed by atoms with Crippen molar-refractivity contribution in [1.29, 1.82) is 0 Å². The first kappa shape index (κ1) is 10.7. The van der Waals surface area contributed by atoms with E-state index in [0.717, 1.165) is 22.7 Å². The Kier molecular flexibility index (Phi) is 2.44. The summed E-state index contributed by atoms with van der Waals surface area (Å²) in [4.78, 5) is 11.3. The van der Waals surface area contributed by atoms with Gasteiger partial charge in [-0.1, -0.05) is 0 Å². The molecule has 1 aliphatic heterocycles. The molecule has 3 rings (SSSR count). The molecule has 0 fully saturated rings. The minimum absolute atomic E-state index is 0.00702. The van der Waals surface area contributed by atoms with Crippen molar-refractivity contribution < 1.29 is 9.21 Å². The SMILES string of the molecule is Nc1cc2c(cc1NCc1ccco1)NC(=O)C2. The monoisotopic (exact) mass is 243 g/mol. The highest BCUT2D eigenvalue weighted by atomic mass is 16.3. The molecule has 4 N–H and O–H groups in total. The minimum atomic E-state index is 0.00702. The Morgan fingerprint density at radius 3 is 3.11 bits per heavy atom. The van der Waals surface area contributed by atoms with Gasteiger partial charge in [-0.2, -0.15) is 0 Å². The predicted octanol–water partition coefficient (Wildman–Crippen LogP) is 1.97. The van der Waals surface area contributed by atoms with Gasteiger partial charge in [-0.05, 0) is 29.8 Å². The molecule has 0 atom stereocenters. The van der Waals surface area contributed by atoms with Crippen molar-refractivity contribution in [2.24, 2.45) is 0 Å². The molecule has 5 heteroatoms. The van der Waals surface area contributed by atoms with Crippen LogP contribution in [0.25, 0.3) is 0 Å². The fourth-order valence-electron chi connectivity index (χ4n) is 2.04. The van der Waals surface area contributed by atoms with Crippen molar-refractivity contribution >= 4 is 23.0 Å². The lowest BCUT2D eigenvalue weighted by molar-refractivity contribution is -0.115. The van der Waals surface area contributed by atoms with Crippen molar-refractivity contribution in [3.8, 4) is 0 Å². The Morgan fingerprint density at radius 2 is 2.33 bits per heavy atom. The summed E-state index contributed by atoms with van der Waals surface area (Å²) in [5.74, 6) is 0.839. The summed E-state index contributed by atoms with van der Waals surface area (Å²) in [7, 11) is 0. The largest absolute Gasteiger partial charge is 0.467 e. The first-order chi connectivity index (χ1) is 8.72. The van der Waals surface area contributed by atoms with Crippen LogP contribution in [0.2, 0.25) is 0 Å². The molecular weight excluding hydrogens is 230 g/mol. The summed E-state index contributed by atoms with van der Waals surface area (Å²) < 4.78 is 5.23. The zero-order chi connectivity index (χ0) is 12.5. The number of nitrogens with one attached hydrogen (secondary N) is 2. The molecule has 0 unspecified atom stereocenters. The van der Waals surface area contributed by atoms with Gasteiger partial charge in [-0.25, -0.2) is 0 Å². The van der Waals surface area contributed by atoms with Gasteiger partial charge in [0.2, 0.25) is 5.91 Å². The molecule has 18 heavy (non-hydrogen) atoms. The van der Waals surface area contributed by atoms with Crippen LogP contribution in [0.15, 0.2) is 34.9 Å². The van der Waals surface area contributed by atoms with Gasteiger partial charge in [-0.3, -0.25) is 4.79 Å². The van der Waals surface area contributed by atoms with Gasteiger partial charge in [0.1, 0.15) is 5.76 Å². The summed E-state index contributed by atoms with van der Waals surface area (Å²) in [6, 6.07) is 7.41. The zero-order valence-corrected chi connectivity index (χ0v) is 9.69. The summed E-state index contributed by atoms with van der Waals surface area (Å²) in [5.41, 5.74) is 9.16. The second-order valence-electron chi connectivity index (χ2n) is 4.25. The van der Waals surface area contributed by atoms with Crippen LogP contribution in [0, 0.1) is 0 Å². The number of rotatable bonds is 3. The van der Waals surface area contributed by atoms with E-state index in [9.17, 15) is 4.79 Å². The molecule has 1 amide bonds. The first-order valence-electron chi connectivity index (χ1n) is 5.71. The number of anilines is 3. The van der Waals surface area contributed by atoms with Crippen LogP contribution in [0.5, 0.6) is 0 Å². The molecule has 2 heterocycles. The Balaban J connectivity index is 1.80. The fourth-order valence-corrected chi connectivity index (χ4v) is 2.04. The Labute approximate surface area is 104 Å². The number of benzene rings is 1. The topological polar surface area (TPSA) is 80.3 Å². The lowest BCUT2D eigenvalue weighted by Gasteiger charge is -2.10. The van der Waals surface area contributed by atoms with E-state index in [1.165, 1.54) is 0 Å².